The van der Waals surface area contributed by atoms with Crippen LogP contribution in [0.4, 0.5) is 0 Å². The molecule has 0 unspecified atom stereocenters. The lowest BCUT2D eigenvalue weighted by atomic mass is 10.3. The van der Waals surface area contributed by atoms with Crippen LogP contribution in [0.25, 0.3) is 0 Å². The second kappa shape index (κ2) is 5.54. The maximum atomic E-state index is 12.1. The Hall–Kier alpha value is -1.67. The first kappa shape index (κ1) is 13.8. The van der Waals surface area contributed by atoms with Crippen LogP contribution in [0.5, 0.6) is 0 Å². The van der Waals surface area contributed by atoms with E-state index in [2.05, 4.69) is 5.10 Å². The number of aryl methyl sites for hydroxylation is 1. The summed E-state index contributed by atoms with van der Waals surface area (Å²) in [5.41, 5.74) is 0. The zero-order valence-electron chi connectivity index (χ0n) is 11.2. The van der Waals surface area contributed by atoms with Gasteiger partial charge in [-0.15, -0.1) is 5.10 Å². The lowest BCUT2D eigenvalue weighted by Crippen LogP contribution is -2.35. The number of ether oxygens (including phenoxy) is 2. The van der Waals surface area contributed by atoms with Gasteiger partial charge in [0.2, 0.25) is 11.8 Å². The standard InChI is InChI=1S/C11H17N3O5/c1-7-12-14(11(16)19-7)6-10(15)13-4-8(17-2)9(5-13)18-3/h8-9H,4-6H2,1-3H3/t8-,9+. The van der Waals surface area contributed by atoms with Crippen LogP contribution in [0.1, 0.15) is 5.89 Å². The highest BCUT2D eigenvalue weighted by atomic mass is 16.5. The maximum Gasteiger partial charge on any atom is 0.437 e. The third-order valence-corrected chi connectivity index (χ3v) is 3.17. The van der Waals surface area contributed by atoms with Gasteiger partial charge in [0, 0.05) is 34.2 Å². The van der Waals surface area contributed by atoms with E-state index in [1.165, 1.54) is 0 Å². The number of rotatable bonds is 4. The van der Waals surface area contributed by atoms with Crippen LogP contribution in [0.3, 0.4) is 0 Å². The van der Waals surface area contributed by atoms with Crippen molar-refractivity contribution in [2.24, 2.45) is 0 Å². The minimum atomic E-state index is -0.628. The van der Waals surface area contributed by atoms with E-state index in [1.54, 1.807) is 26.0 Å². The van der Waals surface area contributed by atoms with Gasteiger partial charge in [-0.3, -0.25) is 4.79 Å². The topological polar surface area (TPSA) is 86.8 Å². The van der Waals surface area contributed by atoms with E-state index in [0.717, 1.165) is 4.68 Å². The maximum absolute atomic E-state index is 12.1. The van der Waals surface area contributed by atoms with Crippen molar-refractivity contribution in [3.05, 3.63) is 16.4 Å². The van der Waals surface area contributed by atoms with Gasteiger partial charge in [-0.2, -0.15) is 4.68 Å². The van der Waals surface area contributed by atoms with Gasteiger partial charge in [-0.25, -0.2) is 4.79 Å². The number of hydrogen-bond acceptors (Lipinski definition) is 6. The zero-order valence-corrected chi connectivity index (χ0v) is 11.2. The average Bonchev–Trinajstić information content (AvgIpc) is 2.92. The third kappa shape index (κ3) is 2.85. The van der Waals surface area contributed by atoms with E-state index in [1.807, 2.05) is 0 Å². The molecule has 1 aliphatic heterocycles. The summed E-state index contributed by atoms with van der Waals surface area (Å²) < 4.78 is 16.3. The molecule has 106 valence electrons. The van der Waals surface area contributed by atoms with E-state index in [0.29, 0.717) is 13.1 Å². The van der Waals surface area contributed by atoms with Crippen LogP contribution in [0.2, 0.25) is 0 Å². The molecule has 8 heteroatoms. The molecular formula is C11H17N3O5. The minimum absolute atomic E-state index is 0.136. The van der Waals surface area contributed by atoms with E-state index in [9.17, 15) is 9.59 Å². The molecule has 1 amide bonds. The number of aromatic nitrogens is 2. The Morgan fingerprint density at radius 3 is 2.37 bits per heavy atom. The Kier molecular flexibility index (Phi) is 4.01. The lowest BCUT2D eigenvalue weighted by molar-refractivity contribution is -0.131. The molecule has 2 rings (SSSR count). The summed E-state index contributed by atoms with van der Waals surface area (Å²) in [6, 6.07) is 0. The third-order valence-electron chi connectivity index (χ3n) is 3.17. The number of carbonyl (C=O) groups excluding carboxylic acids is 1. The minimum Gasteiger partial charge on any atom is -0.393 e. The summed E-state index contributed by atoms with van der Waals surface area (Å²) in [5.74, 6) is -0.600. The molecule has 8 nitrogen and oxygen atoms in total. The number of likely N-dealkylation sites (tertiary alicyclic amines) is 1. The quantitative estimate of drug-likeness (QED) is 0.699. The molecule has 0 aromatic carbocycles. The van der Waals surface area contributed by atoms with Gasteiger partial charge in [0.1, 0.15) is 18.8 Å². The fraction of sp³-hybridized carbons (Fsp3) is 0.727. The fourth-order valence-corrected chi connectivity index (χ4v) is 2.14. The molecule has 0 saturated carbocycles. The van der Waals surface area contributed by atoms with E-state index in [4.69, 9.17) is 13.9 Å². The summed E-state index contributed by atoms with van der Waals surface area (Å²) in [6.45, 7) is 2.31. The Balaban J connectivity index is 2.01. The monoisotopic (exact) mass is 271 g/mol. The Bertz CT molecular complexity index is 497. The molecule has 1 aromatic heterocycles. The summed E-state index contributed by atoms with van der Waals surface area (Å²) in [4.78, 5) is 25.0. The molecule has 1 aliphatic rings. The molecule has 2 heterocycles. The highest BCUT2D eigenvalue weighted by molar-refractivity contribution is 5.76. The molecule has 0 N–H and O–H groups in total. The molecule has 0 spiro atoms. The van der Waals surface area contributed by atoms with Crippen LogP contribution >= 0.6 is 0 Å². The van der Waals surface area contributed by atoms with Crippen LogP contribution < -0.4 is 5.76 Å². The fourth-order valence-electron chi connectivity index (χ4n) is 2.14. The van der Waals surface area contributed by atoms with E-state index >= 15 is 0 Å². The molecule has 0 radical (unpaired) electrons. The first-order valence-corrected chi connectivity index (χ1v) is 5.93. The molecule has 19 heavy (non-hydrogen) atoms. The van der Waals surface area contributed by atoms with Crippen LogP contribution in [0, 0.1) is 6.92 Å². The van der Waals surface area contributed by atoms with Crippen molar-refractivity contribution in [1.29, 1.82) is 0 Å². The molecule has 0 aliphatic carbocycles. The Morgan fingerprint density at radius 2 is 1.95 bits per heavy atom. The molecule has 1 fully saturated rings. The van der Waals surface area contributed by atoms with E-state index < -0.39 is 5.76 Å². The predicted molar refractivity (Wildman–Crippen MR) is 63.7 cm³/mol. The van der Waals surface area contributed by atoms with Gasteiger partial charge in [-0.1, -0.05) is 0 Å². The number of carbonyl (C=O) groups is 1. The summed E-state index contributed by atoms with van der Waals surface area (Å²) in [5, 5.41) is 3.83. The highest BCUT2D eigenvalue weighted by Crippen LogP contribution is 2.15. The summed E-state index contributed by atoms with van der Waals surface area (Å²) in [6.07, 6.45) is -0.297. The van der Waals surface area contributed by atoms with Crippen LogP contribution in [0.15, 0.2) is 9.21 Å². The zero-order chi connectivity index (χ0) is 14.0. The summed E-state index contributed by atoms with van der Waals surface area (Å²) >= 11 is 0. The second-order valence-electron chi connectivity index (χ2n) is 4.39. The van der Waals surface area contributed by atoms with Gasteiger partial charge >= 0.3 is 5.76 Å². The SMILES string of the molecule is CO[C@H]1CN(C(=O)Cn2nc(C)oc2=O)C[C@H]1OC. The van der Waals surface area contributed by atoms with Gasteiger partial charge in [-0.05, 0) is 0 Å². The number of methoxy groups -OCH3 is 2. The van der Waals surface area contributed by atoms with Crippen molar-refractivity contribution in [1.82, 2.24) is 14.7 Å². The first-order chi connectivity index (χ1) is 9.05. The van der Waals surface area contributed by atoms with Gasteiger partial charge < -0.3 is 18.8 Å². The van der Waals surface area contributed by atoms with Gasteiger partial charge in [0.05, 0.1) is 0 Å². The smallest absolute Gasteiger partial charge is 0.393 e. The van der Waals surface area contributed by atoms with E-state index in [-0.39, 0.29) is 30.6 Å². The van der Waals surface area contributed by atoms with Crippen LogP contribution in [-0.2, 0) is 20.8 Å². The van der Waals surface area contributed by atoms with Crippen molar-refractivity contribution in [2.45, 2.75) is 25.7 Å². The highest BCUT2D eigenvalue weighted by Gasteiger charge is 2.35. The molecule has 1 aromatic rings. The summed E-state index contributed by atoms with van der Waals surface area (Å²) in [7, 11) is 3.16. The number of hydrogen-bond donors (Lipinski definition) is 0. The van der Waals surface area contributed by atoms with Crippen LogP contribution in [-0.4, -0.2) is 60.1 Å². The van der Waals surface area contributed by atoms with Crippen molar-refractivity contribution in [3.63, 3.8) is 0 Å². The molecule has 2 atom stereocenters. The van der Waals surface area contributed by atoms with Gasteiger partial charge in [0.15, 0.2) is 0 Å². The largest absolute Gasteiger partial charge is 0.437 e. The van der Waals surface area contributed by atoms with Crippen molar-refractivity contribution in [3.8, 4) is 0 Å². The van der Waals surface area contributed by atoms with Crippen molar-refractivity contribution >= 4 is 5.91 Å². The second-order valence-corrected chi connectivity index (χ2v) is 4.39. The lowest BCUT2D eigenvalue weighted by Gasteiger charge is -2.14. The number of amides is 1. The molecular weight excluding hydrogens is 254 g/mol. The van der Waals surface area contributed by atoms with Gasteiger partial charge in [0.25, 0.3) is 0 Å². The molecule has 1 saturated heterocycles. The Labute approximate surface area is 109 Å². The molecule has 0 bridgehead atoms. The number of nitrogens with zero attached hydrogens (tertiary/aromatic N) is 3. The van der Waals surface area contributed by atoms with Crippen molar-refractivity contribution in [2.75, 3.05) is 27.3 Å². The predicted octanol–water partition coefficient (Wildman–Crippen LogP) is -0.983. The Morgan fingerprint density at radius 1 is 1.37 bits per heavy atom. The van der Waals surface area contributed by atoms with Crippen molar-refractivity contribution < 1.29 is 18.7 Å². The average molecular weight is 271 g/mol. The normalized spacial score (nSPS) is 23.0. The first-order valence-electron chi connectivity index (χ1n) is 5.93.